The van der Waals surface area contributed by atoms with E-state index in [0.29, 0.717) is 0 Å². The van der Waals surface area contributed by atoms with Gasteiger partial charge >= 0.3 is 0 Å². The Morgan fingerprint density at radius 2 is 1.76 bits per heavy atom. The van der Waals surface area contributed by atoms with Gasteiger partial charge in [0.2, 0.25) is 5.91 Å². The molecule has 2 aromatic carbocycles. The quantitative estimate of drug-likeness (QED) is 0.822. The highest BCUT2D eigenvalue weighted by Gasteiger charge is 2.07. The molecule has 110 valence electrons. The van der Waals surface area contributed by atoms with Gasteiger partial charge in [-0.25, -0.2) is 0 Å². The smallest absolute Gasteiger partial charge is 0.240 e. The van der Waals surface area contributed by atoms with Crippen molar-refractivity contribution in [3.8, 4) is 0 Å². The molecule has 0 fully saturated rings. The molecule has 0 saturated heterocycles. The SMILES string of the molecule is CSc1ccc(Sc2cccc(NC(=O)C(C)N)c2)cc1. The van der Waals surface area contributed by atoms with Crippen LogP contribution in [0, 0.1) is 0 Å². The molecule has 2 aromatic rings. The molecule has 0 aromatic heterocycles. The summed E-state index contributed by atoms with van der Waals surface area (Å²) in [6.45, 7) is 1.67. The van der Waals surface area contributed by atoms with Gasteiger partial charge in [-0.15, -0.1) is 11.8 Å². The summed E-state index contributed by atoms with van der Waals surface area (Å²) in [5.74, 6) is -0.179. The van der Waals surface area contributed by atoms with E-state index < -0.39 is 6.04 Å². The molecule has 1 unspecified atom stereocenters. The summed E-state index contributed by atoms with van der Waals surface area (Å²) in [6.07, 6.45) is 2.06. The third kappa shape index (κ3) is 4.81. The Bertz CT molecular complexity index is 612. The minimum Gasteiger partial charge on any atom is -0.325 e. The first-order valence-corrected chi connectivity index (χ1v) is 8.61. The molecule has 3 N–H and O–H groups in total. The summed E-state index contributed by atoms with van der Waals surface area (Å²) < 4.78 is 0. The highest BCUT2D eigenvalue weighted by molar-refractivity contribution is 7.99. The molecular formula is C16H18N2OS2. The molecule has 0 radical (unpaired) electrons. The van der Waals surface area contributed by atoms with Crippen molar-refractivity contribution in [2.75, 3.05) is 11.6 Å². The van der Waals surface area contributed by atoms with Crippen LogP contribution < -0.4 is 11.1 Å². The van der Waals surface area contributed by atoms with Gasteiger partial charge in [-0.1, -0.05) is 17.8 Å². The summed E-state index contributed by atoms with van der Waals surface area (Å²) in [7, 11) is 0. The van der Waals surface area contributed by atoms with E-state index in [1.165, 1.54) is 9.79 Å². The maximum absolute atomic E-state index is 11.6. The van der Waals surface area contributed by atoms with Crippen molar-refractivity contribution >= 4 is 35.1 Å². The van der Waals surface area contributed by atoms with Gasteiger partial charge in [0.1, 0.15) is 0 Å². The number of hydrogen-bond acceptors (Lipinski definition) is 4. The van der Waals surface area contributed by atoms with Crippen molar-refractivity contribution in [1.82, 2.24) is 0 Å². The molecule has 1 amide bonds. The van der Waals surface area contributed by atoms with Crippen LogP contribution in [0.25, 0.3) is 0 Å². The van der Waals surface area contributed by atoms with Crippen molar-refractivity contribution in [3.05, 3.63) is 48.5 Å². The minimum absolute atomic E-state index is 0.179. The lowest BCUT2D eigenvalue weighted by molar-refractivity contribution is -0.117. The van der Waals surface area contributed by atoms with Crippen LogP contribution in [0.1, 0.15) is 6.92 Å². The Morgan fingerprint density at radius 3 is 2.38 bits per heavy atom. The van der Waals surface area contributed by atoms with Crippen LogP contribution in [0.3, 0.4) is 0 Å². The average Bonchev–Trinajstić information content (AvgIpc) is 2.48. The number of nitrogens with two attached hydrogens (primary N) is 1. The van der Waals surface area contributed by atoms with Crippen LogP contribution in [0.2, 0.25) is 0 Å². The van der Waals surface area contributed by atoms with Gasteiger partial charge in [-0.3, -0.25) is 4.79 Å². The first-order valence-electron chi connectivity index (χ1n) is 6.57. The lowest BCUT2D eigenvalue weighted by atomic mass is 10.3. The number of rotatable bonds is 5. The second-order valence-electron chi connectivity index (χ2n) is 4.58. The number of carbonyl (C=O) groups is 1. The summed E-state index contributed by atoms with van der Waals surface area (Å²) >= 11 is 3.39. The minimum atomic E-state index is -0.514. The Kier molecular flexibility index (Phi) is 5.73. The van der Waals surface area contributed by atoms with Crippen LogP contribution >= 0.6 is 23.5 Å². The van der Waals surface area contributed by atoms with Gasteiger partial charge in [-0.2, -0.15) is 0 Å². The van der Waals surface area contributed by atoms with Crippen molar-refractivity contribution < 1.29 is 4.79 Å². The molecule has 0 aliphatic heterocycles. The van der Waals surface area contributed by atoms with Crippen molar-refractivity contribution in [3.63, 3.8) is 0 Å². The molecular weight excluding hydrogens is 300 g/mol. The fraction of sp³-hybridized carbons (Fsp3) is 0.188. The number of amides is 1. The molecule has 0 aliphatic rings. The molecule has 0 saturated carbocycles. The first-order chi connectivity index (χ1) is 10.1. The molecule has 0 heterocycles. The third-order valence-corrected chi connectivity index (χ3v) is 4.55. The predicted octanol–water partition coefficient (Wildman–Crippen LogP) is 3.85. The fourth-order valence-electron chi connectivity index (χ4n) is 1.67. The Hall–Kier alpha value is -1.43. The highest BCUT2D eigenvalue weighted by Crippen LogP contribution is 2.30. The summed E-state index contributed by atoms with van der Waals surface area (Å²) in [6, 6.07) is 15.7. The van der Waals surface area contributed by atoms with E-state index in [1.54, 1.807) is 30.4 Å². The molecule has 2 rings (SSSR count). The van der Waals surface area contributed by atoms with Gasteiger partial charge in [0.15, 0.2) is 0 Å². The van der Waals surface area contributed by atoms with E-state index in [0.717, 1.165) is 10.6 Å². The molecule has 5 heteroatoms. The highest BCUT2D eigenvalue weighted by atomic mass is 32.2. The fourth-order valence-corrected chi connectivity index (χ4v) is 2.96. The van der Waals surface area contributed by atoms with Crippen LogP contribution in [-0.2, 0) is 4.79 Å². The Labute approximate surface area is 133 Å². The number of nitrogens with one attached hydrogen (secondary N) is 1. The maximum atomic E-state index is 11.6. The van der Waals surface area contributed by atoms with Crippen LogP contribution in [0.5, 0.6) is 0 Å². The zero-order valence-corrected chi connectivity index (χ0v) is 13.6. The zero-order chi connectivity index (χ0) is 15.2. The van der Waals surface area contributed by atoms with Gasteiger partial charge in [0.25, 0.3) is 0 Å². The number of carbonyl (C=O) groups excluding carboxylic acids is 1. The van der Waals surface area contributed by atoms with E-state index in [1.807, 2.05) is 24.3 Å². The van der Waals surface area contributed by atoms with E-state index >= 15 is 0 Å². The Morgan fingerprint density at radius 1 is 1.10 bits per heavy atom. The number of thioether (sulfide) groups is 1. The molecule has 3 nitrogen and oxygen atoms in total. The standard InChI is InChI=1S/C16H18N2OS2/c1-11(17)16(19)18-12-4-3-5-15(10-12)21-14-8-6-13(20-2)7-9-14/h3-11H,17H2,1-2H3,(H,18,19). The van der Waals surface area contributed by atoms with Gasteiger partial charge in [0.05, 0.1) is 6.04 Å². The van der Waals surface area contributed by atoms with E-state index in [2.05, 4.69) is 35.8 Å². The Balaban J connectivity index is 2.08. The number of benzene rings is 2. The molecule has 0 aliphatic carbocycles. The molecule has 0 bridgehead atoms. The van der Waals surface area contributed by atoms with E-state index in [4.69, 9.17) is 5.73 Å². The summed E-state index contributed by atoms with van der Waals surface area (Å²) in [4.78, 5) is 15.1. The summed E-state index contributed by atoms with van der Waals surface area (Å²) in [5, 5.41) is 2.81. The third-order valence-electron chi connectivity index (χ3n) is 2.81. The van der Waals surface area contributed by atoms with Crippen molar-refractivity contribution in [2.45, 2.75) is 27.7 Å². The number of hydrogen-bond donors (Lipinski definition) is 2. The monoisotopic (exact) mass is 318 g/mol. The van der Waals surface area contributed by atoms with Crippen molar-refractivity contribution in [1.29, 1.82) is 0 Å². The predicted molar refractivity (Wildman–Crippen MR) is 91.1 cm³/mol. The van der Waals surface area contributed by atoms with Gasteiger partial charge < -0.3 is 11.1 Å². The van der Waals surface area contributed by atoms with Crippen LogP contribution in [0.4, 0.5) is 5.69 Å². The first kappa shape index (κ1) is 15.9. The maximum Gasteiger partial charge on any atom is 0.240 e. The lowest BCUT2D eigenvalue weighted by Gasteiger charge is -2.09. The normalized spacial score (nSPS) is 12.0. The van der Waals surface area contributed by atoms with E-state index in [-0.39, 0.29) is 5.91 Å². The molecule has 0 spiro atoms. The topological polar surface area (TPSA) is 55.1 Å². The second-order valence-corrected chi connectivity index (χ2v) is 6.61. The van der Waals surface area contributed by atoms with Gasteiger partial charge in [-0.05, 0) is 55.6 Å². The lowest BCUT2D eigenvalue weighted by Crippen LogP contribution is -2.32. The summed E-state index contributed by atoms with van der Waals surface area (Å²) in [5.41, 5.74) is 6.32. The number of anilines is 1. The largest absolute Gasteiger partial charge is 0.325 e. The molecule has 1 atom stereocenters. The second kappa shape index (κ2) is 7.54. The van der Waals surface area contributed by atoms with Crippen molar-refractivity contribution in [2.24, 2.45) is 5.73 Å². The van der Waals surface area contributed by atoms with Crippen LogP contribution in [0.15, 0.2) is 63.2 Å². The van der Waals surface area contributed by atoms with Gasteiger partial charge in [0, 0.05) is 20.4 Å². The zero-order valence-electron chi connectivity index (χ0n) is 12.0. The molecule has 21 heavy (non-hydrogen) atoms. The van der Waals surface area contributed by atoms with Crippen LogP contribution in [-0.4, -0.2) is 18.2 Å². The van der Waals surface area contributed by atoms with E-state index in [9.17, 15) is 4.79 Å². The average molecular weight is 318 g/mol.